The molecule has 178 valence electrons. The SMILES string of the molecule is CN=C(NCc1cccc(OCCN(C)CCOC)c1)N1CCN(c2cccs2)CC1.I. The van der Waals surface area contributed by atoms with E-state index in [-0.39, 0.29) is 24.0 Å². The zero-order valence-corrected chi connectivity index (χ0v) is 22.5. The Balaban J connectivity index is 0.00000363. The third kappa shape index (κ3) is 8.42. The molecule has 1 aliphatic rings. The standard InChI is InChI=1S/C23H35N5O2S.HI/c1-24-23(28-11-9-27(10-12-28)22-8-5-17-31-22)25-19-20-6-4-7-21(18-20)30-16-14-26(2)13-15-29-3;/h4-8,17-18H,9-16,19H2,1-3H3,(H,24,25);1H. The molecule has 32 heavy (non-hydrogen) atoms. The van der Waals surface area contributed by atoms with E-state index in [2.05, 4.69) is 61.7 Å². The smallest absolute Gasteiger partial charge is 0.194 e. The molecule has 9 heteroatoms. The van der Waals surface area contributed by atoms with Crippen LogP contribution in [-0.4, -0.2) is 89.4 Å². The predicted octanol–water partition coefficient (Wildman–Crippen LogP) is 3.22. The minimum Gasteiger partial charge on any atom is -0.492 e. The van der Waals surface area contributed by atoms with Crippen molar-refractivity contribution in [2.45, 2.75) is 6.54 Å². The Bertz CT molecular complexity index is 797. The minimum atomic E-state index is 0. The molecule has 1 aliphatic heterocycles. The largest absolute Gasteiger partial charge is 0.492 e. The van der Waals surface area contributed by atoms with Crippen LogP contribution in [0.15, 0.2) is 46.8 Å². The van der Waals surface area contributed by atoms with Crippen molar-refractivity contribution < 1.29 is 9.47 Å². The van der Waals surface area contributed by atoms with Gasteiger partial charge in [-0.2, -0.15) is 0 Å². The number of hydrogen-bond acceptors (Lipinski definition) is 6. The van der Waals surface area contributed by atoms with Gasteiger partial charge in [0.1, 0.15) is 12.4 Å². The number of nitrogens with zero attached hydrogens (tertiary/aromatic N) is 4. The number of piperazine rings is 1. The van der Waals surface area contributed by atoms with E-state index in [4.69, 9.17) is 9.47 Å². The summed E-state index contributed by atoms with van der Waals surface area (Å²) in [7, 11) is 5.66. The first-order valence-electron chi connectivity index (χ1n) is 10.8. The van der Waals surface area contributed by atoms with Crippen molar-refractivity contribution in [3.05, 3.63) is 47.3 Å². The van der Waals surface area contributed by atoms with Crippen LogP contribution in [0.3, 0.4) is 0 Å². The Kier molecular flexibility index (Phi) is 12.1. The molecule has 1 aromatic heterocycles. The van der Waals surface area contributed by atoms with Crippen LogP contribution < -0.4 is 15.0 Å². The first-order chi connectivity index (χ1) is 15.2. The van der Waals surface area contributed by atoms with Gasteiger partial charge in [0.2, 0.25) is 0 Å². The van der Waals surface area contributed by atoms with Gasteiger partial charge in [0, 0.05) is 60.0 Å². The Morgan fingerprint density at radius 1 is 1.12 bits per heavy atom. The van der Waals surface area contributed by atoms with E-state index in [9.17, 15) is 0 Å². The molecule has 0 unspecified atom stereocenters. The second kappa shape index (κ2) is 14.6. The fourth-order valence-corrected chi connectivity index (χ4v) is 4.31. The quantitative estimate of drug-likeness (QED) is 0.268. The summed E-state index contributed by atoms with van der Waals surface area (Å²) in [6.45, 7) is 7.87. The lowest BCUT2D eigenvalue weighted by molar-refractivity contribution is 0.150. The van der Waals surface area contributed by atoms with Crippen LogP contribution in [0.4, 0.5) is 5.00 Å². The Morgan fingerprint density at radius 2 is 1.91 bits per heavy atom. The van der Waals surface area contributed by atoms with Gasteiger partial charge in [0.15, 0.2) is 5.96 Å². The van der Waals surface area contributed by atoms with Crippen molar-refractivity contribution in [1.29, 1.82) is 0 Å². The number of rotatable bonds is 10. The zero-order chi connectivity index (χ0) is 21.9. The van der Waals surface area contributed by atoms with E-state index in [1.165, 1.54) is 10.6 Å². The van der Waals surface area contributed by atoms with Crippen LogP contribution in [0.5, 0.6) is 5.75 Å². The van der Waals surface area contributed by atoms with Crippen LogP contribution in [-0.2, 0) is 11.3 Å². The number of benzene rings is 1. The number of halogens is 1. The van der Waals surface area contributed by atoms with Crippen LogP contribution in [0.25, 0.3) is 0 Å². The molecule has 7 nitrogen and oxygen atoms in total. The molecule has 0 spiro atoms. The lowest BCUT2D eigenvalue weighted by Crippen LogP contribution is -2.52. The Labute approximate surface area is 213 Å². The number of likely N-dealkylation sites (N-methyl/N-ethyl adjacent to an activating group) is 1. The zero-order valence-electron chi connectivity index (χ0n) is 19.3. The molecule has 1 aromatic carbocycles. The van der Waals surface area contributed by atoms with Crippen molar-refractivity contribution in [1.82, 2.24) is 15.1 Å². The summed E-state index contributed by atoms with van der Waals surface area (Å²) in [4.78, 5) is 11.5. The van der Waals surface area contributed by atoms with Gasteiger partial charge in [0.25, 0.3) is 0 Å². The molecular formula is C23H36IN5O2S. The highest BCUT2D eigenvalue weighted by Gasteiger charge is 2.20. The third-order valence-electron chi connectivity index (χ3n) is 5.38. The van der Waals surface area contributed by atoms with Gasteiger partial charge in [-0.1, -0.05) is 12.1 Å². The lowest BCUT2D eigenvalue weighted by Gasteiger charge is -2.37. The topological polar surface area (TPSA) is 52.6 Å². The molecule has 1 saturated heterocycles. The fraction of sp³-hybridized carbons (Fsp3) is 0.522. The molecule has 1 N–H and O–H groups in total. The molecule has 3 rings (SSSR count). The van der Waals surface area contributed by atoms with Crippen LogP contribution in [0, 0.1) is 0 Å². The first-order valence-corrected chi connectivity index (χ1v) is 11.7. The Hall–Kier alpha value is -1.56. The summed E-state index contributed by atoms with van der Waals surface area (Å²) >= 11 is 1.81. The van der Waals surface area contributed by atoms with Crippen LogP contribution in [0.1, 0.15) is 5.56 Å². The summed E-state index contributed by atoms with van der Waals surface area (Å²) < 4.78 is 11.0. The number of hydrogen-bond donors (Lipinski definition) is 1. The highest BCUT2D eigenvalue weighted by Crippen LogP contribution is 2.22. The number of thiophene rings is 1. The molecule has 0 radical (unpaired) electrons. The molecule has 0 saturated carbocycles. The second-order valence-electron chi connectivity index (χ2n) is 7.62. The number of ether oxygens (including phenoxy) is 2. The van der Waals surface area contributed by atoms with Gasteiger partial charge >= 0.3 is 0 Å². The molecule has 0 amide bonds. The lowest BCUT2D eigenvalue weighted by atomic mass is 10.2. The van der Waals surface area contributed by atoms with E-state index in [1.54, 1.807) is 18.4 Å². The van der Waals surface area contributed by atoms with Crippen LogP contribution in [0.2, 0.25) is 0 Å². The fourth-order valence-electron chi connectivity index (χ4n) is 3.53. The predicted molar refractivity (Wildman–Crippen MR) is 145 cm³/mol. The summed E-state index contributed by atoms with van der Waals surface area (Å²) in [5.74, 6) is 1.86. The van der Waals surface area contributed by atoms with Gasteiger partial charge in [-0.05, 0) is 42.3 Å². The highest BCUT2D eigenvalue weighted by atomic mass is 127. The van der Waals surface area contributed by atoms with Crippen molar-refractivity contribution >= 4 is 46.3 Å². The second-order valence-corrected chi connectivity index (χ2v) is 8.54. The van der Waals surface area contributed by atoms with E-state index >= 15 is 0 Å². The average molecular weight is 574 g/mol. The highest BCUT2D eigenvalue weighted by molar-refractivity contribution is 14.0. The minimum absolute atomic E-state index is 0. The number of guanidine groups is 1. The third-order valence-corrected chi connectivity index (χ3v) is 6.31. The number of nitrogens with one attached hydrogen (secondary N) is 1. The van der Waals surface area contributed by atoms with Gasteiger partial charge in [-0.15, -0.1) is 35.3 Å². The first kappa shape index (κ1) is 26.7. The normalized spacial score (nSPS) is 14.4. The Morgan fingerprint density at radius 3 is 2.59 bits per heavy atom. The molecule has 1 fully saturated rings. The van der Waals surface area contributed by atoms with Crippen molar-refractivity contribution in [3.8, 4) is 5.75 Å². The number of aliphatic imine (C=N–C) groups is 1. The van der Waals surface area contributed by atoms with Gasteiger partial charge in [-0.25, -0.2) is 0 Å². The molecule has 0 bridgehead atoms. The summed E-state index contributed by atoms with van der Waals surface area (Å²) in [5, 5.41) is 7.00. The maximum absolute atomic E-state index is 5.94. The van der Waals surface area contributed by atoms with Gasteiger partial charge < -0.3 is 29.5 Å². The molecule has 0 atom stereocenters. The molecule has 2 aromatic rings. The van der Waals surface area contributed by atoms with E-state index in [0.717, 1.165) is 64.1 Å². The molecule has 0 aliphatic carbocycles. The van der Waals surface area contributed by atoms with Crippen molar-refractivity contribution in [2.24, 2.45) is 4.99 Å². The van der Waals surface area contributed by atoms with Gasteiger partial charge in [0.05, 0.1) is 11.6 Å². The van der Waals surface area contributed by atoms with Gasteiger partial charge in [-0.3, -0.25) is 4.99 Å². The maximum atomic E-state index is 5.94. The van der Waals surface area contributed by atoms with E-state index in [0.29, 0.717) is 6.61 Å². The van der Waals surface area contributed by atoms with E-state index < -0.39 is 0 Å². The monoisotopic (exact) mass is 573 g/mol. The molecule has 2 heterocycles. The number of anilines is 1. The maximum Gasteiger partial charge on any atom is 0.194 e. The summed E-state index contributed by atoms with van der Waals surface area (Å²) in [6.07, 6.45) is 0. The van der Waals surface area contributed by atoms with E-state index in [1.807, 2.05) is 19.2 Å². The summed E-state index contributed by atoms with van der Waals surface area (Å²) in [6, 6.07) is 12.6. The van der Waals surface area contributed by atoms with Crippen molar-refractivity contribution in [2.75, 3.05) is 78.6 Å². The number of methoxy groups -OCH3 is 1. The van der Waals surface area contributed by atoms with Crippen molar-refractivity contribution in [3.63, 3.8) is 0 Å². The average Bonchev–Trinajstić information content (AvgIpc) is 3.34. The molecular weight excluding hydrogens is 537 g/mol. The summed E-state index contributed by atoms with van der Waals surface area (Å²) in [5.41, 5.74) is 1.18. The van der Waals surface area contributed by atoms with Crippen LogP contribution >= 0.6 is 35.3 Å².